The number of fused-ring (bicyclic) bond motifs is 5. The Bertz CT molecular complexity index is 764. The van der Waals surface area contributed by atoms with Gasteiger partial charge in [-0.05, 0) is 75.0 Å². The molecule has 0 aromatic rings. The van der Waals surface area contributed by atoms with Crippen LogP contribution >= 0.6 is 0 Å². The van der Waals surface area contributed by atoms with E-state index in [-0.39, 0.29) is 23.2 Å². The van der Waals surface area contributed by atoms with E-state index in [1.165, 1.54) is 12.5 Å². The van der Waals surface area contributed by atoms with E-state index in [2.05, 4.69) is 13.0 Å². The SMILES string of the molecule is CC(=O)[C@@]1(O)[C@H](C(N)C(=O)O)CC2C3CC=C4C[C@@H](O)CC[C@]4(C)C3CC[C@@]21C. The van der Waals surface area contributed by atoms with Gasteiger partial charge in [0, 0.05) is 11.3 Å². The molecule has 3 saturated carbocycles. The average Bonchev–Trinajstić information content (AvgIpc) is 2.90. The Kier molecular flexibility index (Phi) is 4.80. The topological polar surface area (TPSA) is 121 Å². The molecule has 0 saturated heterocycles. The number of aliphatic hydroxyl groups is 2. The maximum Gasteiger partial charge on any atom is 0.320 e. The van der Waals surface area contributed by atoms with Gasteiger partial charge < -0.3 is 21.1 Å². The maximum absolute atomic E-state index is 12.7. The highest BCUT2D eigenvalue weighted by Crippen LogP contribution is 2.68. The third kappa shape index (κ3) is 2.64. The molecular weight excluding hydrogens is 370 g/mol. The molecule has 0 aliphatic heterocycles. The van der Waals surface area contributed by atoms with E-state index in [0.717, 1.165) is 32.1 Å². The Morgan fingerprint density at radius 1 is 1.21 bits per heavy atom. The van der Waals surface area contributed by atoms with Gasteiger partial charge in [0.1, 0.15) is 11.6 Å². The number of rotatable bonds is 3. The molecule has 0 bridgehead atoms. The summed E-state index contributed by atoms with van der Waals surface area (Å²) in [6, 6.07) is -1.25. The van der Waals surface area contributed by atoms with Crippen LogP contribution in [0.15, 0.2) is 11.6 Å². The minimum absolute atomic E-state index is 0.0464. The smallest absolute Gasteiger partial charge is 0.320 e. The third-order valence-electron chi connectivity index (χ3n) is 9.64. The van der Waals surface area contributed by atoms with Gasteiger partial charge in [0.2, 0.25) is 0 Å². The van der Waals surface area contributed by atoms with Gasteiger partial charge in [-0.15, -0.1) is 0 Å². The predicted octanol–water partition coefficient (Wildman–Crippen LogP) is 2.27. The standard InChI is InChI=1S/C23H35NO5/c1-12(25)23(29)18(19(24)20(27)28)11-17-15-5-4-13-10-14(26)6-8-21(13,2)16(15)7-9-22(17,23)3/h4,14-19,26,29H,5-11,24H2,1-3H3,(H,27,28)/t14-,15?,16?,17?,18-,19?,21-,22-,23+/m0/s1. The molecule has 0 aromatic heterocycles. The van der Waals surface area contributed by atoms with Crippen molar-refractivity contribution < 1.29 is 24.9 Å². The fourth-order valence-electron chi connectivity index (χ4n) is 7.98. The van der Waals surface area contributed by atoms with Crippen LogP contribution in [0, 0.1) is 34.5 Å². The number of carboxylic acids is 1. The van der Waals surface area contributed by atoms with Crippen molar-refractivity contribution in [3.05, 3.63) is 11.6 Å². The molecule has 0 aromatic carbocycles. The second-order valence-corrected chi connectivity index (χ2v) is 10.6. The van der Waals surface area contributed by atoms with Crippen molar-refractivity contribution in [1.82, 2.24) is 0 Å². The molecule has 6 nitrogen and oxygen atoms in total. The van der Waals surface area contributed by atoms with Gasteiger partial charge in [-0.1, -0.05) is 25.5 Å². The van der Waals surface area contributed by atoms with Crippen LogP contribution in [0.4, 0.5) is 0 Å². The largest absolute Gasteiger partial charge is 0.480 e. The number of aliphatic hydroxyl groups excluding tert-OH is 1. The zero-order valence-corrected chi connectivity index (χ0v) is 17.7. The highest BCUT2D eigenvalue weighted by molar-refractivity contribution is 5.88. The number of ketones is 1. The number of nitrogens with two attached hydrogens (primary N) is 1. The van der Waals surface area contributed by atoms with Crippen LogP contribution in [0.5, 0.6) is 0 Å². The number of carbonyl (C=O) groups excluding carboxylic acids is 1. The summed E-state index contributed by atoms with van der Waals surface area (Å²) in [5.41, 5.74) is 5.06. The molecule has 4 unspecified atom stereocenters. The molecule has 4 aliphatic rings. The van der Waals surface area contributed by atoms with Crippen LogP contribution < -0.4 is 5.73 Å². The normalized spacial score (nSPS) is 50.0. The van der Waals surface area contributed by atoms with Crippen LogP contribution in [-0.2, 0) is 9.59 Å². The molecular formula is C23H35NO5. The number of allylic oxidation sites excluding steroid dienone is 1. The second kappa shape index (κ2) is 6.63. The quantitative estimate of drug-likeness (QED) is 0.535. The summed E-state index contributed by atoms with van der Waals surface area (Å²) >= 11 is 0. The Balaban J connectivity index is 1.74. The lowest BCUT2D eigenvalue weighted by Crippen LogP contribution is -2.61. The van der Waals surface area contributed by atoms with Gasteiger partial charge >= 0.3 is 5.97 Å². The number of hydrogen-bond acceptors (Lipinski definition) is 5. The molecule has 9 atom stereocenters. The van der Waals surface area contributed by atoms with Gasteiger partial charge in [0.05, 0.1) is 6.10 Å². The zero-order chi connectivity index (χ0) is 21.4. The van der Waals surface area contributed by atoms with Crippen molar-refractivity contribution in [1.29, 1.82) is 0 Å². The first-order chi connectivity index (χ1) is 13.5. The molecule has 29 heavy (non-hydrogen) atoms. The molecule has 0 amide bonds. The first kappa shape index (κ1) is 21.0. The first-order valence-corrected chi connectivity index (χ1v) is 11.1. The molecule has 4 rings (SSSR count). The van der Waals surface area contributed by atoms with Crippen LogP contribution in [0.3, 0.4) is 0 Å². The van der Waals surface area contributed by atoms with E-state index in [9.17, 15) is 24.9 Å². The average molecular weight is 406 g/mol. The predicted molar refractivity (Wildman–Crippen MR) is 108 cm³/mol. The maximum atomic E-state index is 12.7. The highest BCUT2D eigenvalue weighted by Gasteiger charge is 2.70. The summed E-state index contributed by atoms with van der Waals surface area (Å²) in [4.78, 5) is 24.4. The lowest BCUT2D eigenvalue weighted by atomic mass is 9.46. The summed E-state index contributed by atoms with van der Waals surface area (Å²) in [5, 5.41) is 31.4. The van der Waals surface area contributed by atoms with Gasteiger partial charge in [-0.2, -0.15) is 0 Å². The molecule has 6 heteroatoms. The van der Waals surface area contributed by atoms with Crippen LogP contribution in [0.25, 0.3) is 0 Å². The van der Waals surface area contributed by atoms with Crippen LogP contribution in [0.2, 0.25) is 0 Å². The Morgan fingerprint density at radius 2 is 1.90 bits per heavy atom. The molecule has 4 aliphatic carbocycles. The Hall–Kier alpha value is -1.24. The van der Waals surface area contributed by atoms with E-state index in [1.807, 2.05) is 6.92 Å². The number of hydrogen-bond donors (Lipinski definition) is 4. The molecule has 5 N–H and O–H groups in total. The van der Waals surface area contributed by atoms with Crippen molar-refractivity contribution in [2.75, 3.05) is 0 Å². The molecule has 0 spiro atoms. The van der Waals surface area contributed by atoms with E-state index in [1.54, 1.807) is 0 Å². The summed E-state index contributed by atoms with van der Waals surface area (Å²) < 4.78 is 0. The van der Waals surface area contributed by atoms with E-state index >= 15 is 0 Å². The van der Waals surface area contributed by atoms with Crippen LogP contribution in [0.1, 0.15) is 65.7 Å². The van der Waals surface area contributed by atoms with Crippen molar-refractivity contribution in [2.45, 2.75) is 83.5 Å². The Labute approximate surface area is 172 Å². The van der Waals surface area contributed by atoms with Crippen LogP contribution in [-0.4, -0.2) is 44.8 Å². The fourth-order valence-corrected chi connectivity index (χ4v) is 7.98. The summed E-state index contributed by atoms with van der Waals surface area (Å²) in [5.74, 6) is -1.49. The van der Waals surface area contributed by atoms with Gasteiger partial charge in [-0.3, -0.25) is 9.59 Å². The third-order valence-corrected chi connectivity index (χ3v) is 9.64. The van der Waals surface area contributed by atoms with Gasteiger partial charge in [0.25, 0.3) is 0 Å². The molecule has 0 radical (unpaired) electrons. The Morgan fingerprint density at radius 3 is 2.52 bits per heavy atom. The lowest BCUT2D eigenvalue weighted by Gasteiger charge is -2.58. The summed E-state index contributed by atoms with van der Waals surface area (Å²) in [7, 11) is 0. The molecule has 3 fully saturated rings. The lowest BCUT2D eigenvalue weighted by molar-refractivity contribution is -0.169. The summed E-state index contributed by atoms with van der Waals surface area (Å²) in [6.45, 7) is 5.68. The second-order valence-electron chi connectivity index (χ2n) is 10.6. The fraction of sp³-hybridized carbons (Fsp3) is 0.826. The monoisotopic (exact) mass is 405 g/mol. The highest BCUT2D eigenvalue weighted by atomic mass is 16.4. The number of aliphatic carboxylic acids is 1. The van der Waals surface area contributed by atoms with E-state index < -0.39 is 28.9 Å². The van der Waals surface area contributed by atoms with Crippen molar-refractivity contribution in [3.8, 4) is 0 Å². The van der Waals surface area contributed by atoms with Crippen molar-refractivity contribution in [3.63, 3.8) is 0 Å². The molecule has 162 valence electrons. The number of carboxylic acid groups (broad SMARTS) is 1. The summed E-state index contributed by atoms with van der Waals surface area (Å²) in [6.07, 6.45) is 7.48. The molecule has 0 heterocycles. The van der Waals surface area contributed by atoms with Gasteiger partial charge in [0.15, 0.2) is 5.78 Å². The van der Waals surface area contributed by atoms with Crippen molar-refractivity contribution >= 4 is 11.8 Å². The number of carbonyl (C=O) groups is 2. The minimum atomic E-state index is -1.70. The van der Waals surface area contributed by atoms with E-state index in [0.29, 0.717) is 24.7 Å². The number of Topliss-reactive ketones (excluding diaryl/α,β-unsaturated/α-hetero) is 1. The minimum Gasteiger partial charge on any atom is -0.480 e. The zero-order valence-electron chi connectivity index (χ0n) is 17.7. The first-order valence-electron chi connectivity index (χ1n) is 11.1. The van der Waals surface area contributed by atoms with Crippen molar-refractivity contribution in [2.24, 2.45) is 40.2 Å². The van der Waals surface area contributed by atoms with E-state index in [4.69, 9.17) is 5.73 Å². The van der Waals surface area contributed by atoms with Gasteiger partial charge in [-0.25, -0.2) is 0 Å².